The van der Waals surface area contributed by atoms with Crippen molar-refractivity contribution >= 4 is 5.97 Å². The number of hydrogen-bond acceptors (Lipinski definition) is 4. The van der Waals surface area contributed by atoms with Crippen LogP contribution in [0.25, 0.3) is 11.5 Å². The van der Waals surface area contributed by atoms with E-state index in [1.165, 1.54) is 13.4 Å². The lowest BCUT2D eigenvalue weighted by Gasteiger charge is -1.96. The lowest BCUT2D eigenvalue weighted by molar-refractivity contribution is 0.0601. The number of carbonyl (C=O) groups is 1. The molecule has 0 aliphatic rings. The topological polar surface area (TPSA) is 57.3 Å². The van der Waals surface area contributed by atoms with E-state index in [-0.39, 0.29) is 0 Å². The molecular weight excluding hydrogens is 196 g/mol. The van der Waals surface area contributed by atoms with Crippen molar-refractivity contribution in [3.8, 4) is 11.5 Å². The minimum atomic E-state index is -0.422. The van der Waals surface area contributed by atoms with Gasteiger partial charge < -0.3 is 9.15 Å². The van der Waals surface area contributed by atoms with Crippen LogP contribution in [0.15, 0.2) is 29.0 Å². The van der Waals surface area contributed by atoms with Gasteiger partial charge in [-0.15, -0.1) is 0 Å². The smallest absolute Gasteiger partial charge is 0.341 e. The molecule has 5 heteroatoms. The fraction of sp³-hybridized carbons (Fsp3) is 0.200. The first-order valence-electron chi connectivity index (χ1n) is 4.38. The Kier molecular flexibility index (Phi) is 2.29. The Hall–Kier alpha value is -2.04. The fourth-order valence-electron chi connectivity index (χ4n) is 1.34. The summed E-state index contributed by atoms with van der Waals surface area (Å²) in [6.45, 7) is 0. The first-order chi connectivity index (χ1) is 7.22. The number of hydrogen-bond donors (Lipinski definition) is 0. The minimum absolute atomic E-state index is 0.398. The van der Waals surface area contributed by atoms with E-state index in [2.05, 4.69) is 9.84 Å². The van der Waals surface area contributed by atoms with Crippen LogP contribution in [-0.4, -0.2) is 22.9 Å². The highest BCUT2D eigenvalue weighted by molar-refractivity contribution is 5.95. The minimum Gasteiger partial charge on any atom is -0.465 e. The summed E-state index contributed by atoms with van der Waals surface area (Å²) in [5.74, 6) is 0.130. The van der Waals surface area contributed by atoms with Crippen molar-refractivity contribution in [2.24, 2.45) is 7.05 Å². The van der Waals surface area contributed by atoms with E-state index in [1.807, 2.05) is 0 Å². The zero-order chi connectivity index (χ0) is 10.8. The highest BCUT2D eigenvalue weighted by Crippen LogP contribution is 2.22. The zero-order valence-electron chi connectivity index (χ0n) is 8.43. The van der Waals surface area contributed by atoms with Gasteiger partial charge in [-0.1, -0.05) is 0 Å². The third-order valence-electron chi connectivity index (χ3n) is 1.99. The summed E-state index contributed by atoms with van der Waals surface area (Å²) in [7, 11) is 3.07. The average Bonchev–Trinajstić information content (AvgIpc) is 2.84. The maximum Gasteiger partial charge on any atom is 0.341 e. The average molecular weight is 206 g/mol. The Morgan fingerprint density at radius 2 is 2.40 bits per heavy atom. The monoisotopic (exact) mass is 206 g/mol. The van der Waals surface area contributed by atoms with Crippen molar-refractivity contribution < 1.29 is 13.9 Å². The summed E-state index contributed by atoms with van der Waals surface area (Å²) in [4.78, 5) is 11.4. The summed E-state index contributed by atoms with van der Waals surface area (Å²) < 4.78 is 11.4. The second-order valence-corrected chi connectivity index (χ2v) is 3.03. The largest absolute Gasteiger partial charge is 0.465 e. The van der Waals surface area contributed by atoms with Crippen LogP contribution >= 0.6 is 0 Å². The number of nitrogens with zero attached hydrogens (tertiary/aromatic N) is 2. The van der Waals surface area contributed by atoms with Crippen LogP contribution < -0.4 is 0 Å². The van der Waals surface area contributed by atoms with Crippen LogP contribution in [0.5, 0.6) is 0 Å². The first-order valence-corrected chi connectivity index (χ1v) is 4.38. The number of methoxy groups -OCH3 is 1. The molecule has 0 atom stereocenters. The van der Waals surface area contributed by atoms with Gasteiger partial charge in [0.15, 0.2) is 5.76 Å². The summed E-state index contributed by atoms with van der Waals surface area (Å²) in [5, 5.41) is 4.14. The Balaban J connectivity index is 2.52. The van der Waals surface area contributed by atoms with E-state index < -0.39 is 5.97 Å². The lowest BCUT2D eigenvalue weighted by atomic mass is 10.2. The summed E-state index contributed by atoms with van der Waals surface area (Å²) >= 11 is 0. The quantitative estimate of drug-likeness (QED) is 0.698. The third kappa shape index (κ3) is 1.63. The summed E-state index contributed by atoms with van der Waals surface area (Å²) in [5.41, 5.74) is 0.893. The zero-order valence-corrected chi connectivity index (χ0v) is 8.43. The van der Waals surface area contributed by atoms with Crippen molar-refractivity contribution in [2.45, 2.75) is 0 Å². The van der Waals surface area contributed by atoms with E-state index in [0.717, 1.165) is 0 Å². The van der Waals surface area contributed by atoms with Crippen molar-refractivity contribution in [3.63, 3.8) is 0 Å². The van der Waals surface area contributed by atoms with E-state index >= 15 is 0 Å². The Morgan fingerprint density at radius 1 is 1.60 bits per heavy atom. The van der Waals surface area contributed by atoms with Crippen molar-refractivity contribution in [2.75, 3.05) is 7.11 Å². The molecule has 2 rings (SSSR count). The van der Waals surface area contributed by atoms with Gasteiger partial charge in [0.1, 0.15) is 11.3 Å². The molecule has 0 aromatic carbocycles. The van der Waals surface area contributed by atoms with Gasteiger partial charge in [-0.25, -0.2) is 4.79 Å². The second-order valence-electron chi connectivity index (χ2n) is 3.03. The Morgan fingerprint density at radius 3 is 3.00 bits per heavy atom. The second kappa shape index (κ2) is 3.61. The highest BCUT2D eigenvalue weighted by Gasteiger charge is 2.18. The van der Waals surface area contributed by atoms with E-state index in [4.69, 9.17) is 4.42 Å². The summed E-state index contributed by atoms with van der Waals surface area (Å²) in [6, 6.07) is 3.49. The normalized spacial score (nSPS) is 10.3. The molecule has 0 N–H and O–H groups in total. The van der Waals surface area contributed by atoms with Gasteiger partial charge in [-0.2, -0.15) is 5.10 Å². The molecule has 0 bridgehead atoms. The van der Waals surface area contributed by atoms with Gasteiger partial charge in [0.2, 0.25) is 0 Å². The lowest BCUT2D eigenvalue weighted by Crippen LogP contribution is -2.01. The molecule has 0 saturated heterocycles. The van der Waals surface area contributed by atoms with Gasteiger partial charge in [0, 0.05) is 13.2 Å². The van der Waals surface area contributed by atoms with Crippen LogP contribution in [0, 0.1) is 0 Å². The third-order valence-corrected chi connectivity index (χ3v) is 1.99. The molecule has 2 aromatic rings. The molecule has 2 heterocycles. The summed E-state index contributed by atoms with van der Waals surface area (Å²) in [6.07, 6.45) is 3.13. The number of esters is 1. The molecular formula is C10H10N2O3. The molecule has 0 radical (unpaired) electrons. The van der Waals surface area contributed by atoms with Gasteiger partial charge in [0.25, 0.3) is 0 Å². The standard InChI is InChI=1S/C10H10N2O3/c1-12-6-7(10(13)14-2)9(11-12)8-4-3-5-15-8/h3-6H,1-2H3. The van der Waals surface area contributed by atoms with Gasteiger partial charge in [0.05, 0.1) is 13.4 Å². The Labute approximate surface area is 86.3 Å². The molecule has 0 aliphatic carbocycles. The molecule has 15 heavy (non-hydrogen) atoms. The predicted octanol–water partition coefficient (Wildman–Crippen LogP) is 1.47. The van der Waals surface area contributed by atoms with Crippen molar-refractivity contribution in [1.29, 1.82) is 0 Å². The van der Waals surface area contributed by atoms with Crippen molar-refractivity contribution in [1.82, 2.24) is 9.78 Å². The number of rotatable bonds is 2. The van der Waals surface area contributed by atoms with E-state index in [1.54, 1.807) is 30.1 Å². The van der Waals surface area contributed by atoms with Crippen LogP contribution in [0.4, 0.5) is 0 Å². The molecule has 0 saturated carbocycles. The predicted molar refractivity (Wildman–Crippen MR) is 52.2 cm³/mol. The molecule has 5 nitrogen and oxygen atoms in total. The number of aryl methyl sites for hydroxylation is 1. The van der Waals surface area contributed by atoms with Crippen LogP contribution in [0.2, 0.25) is 0 Å². The number of furan rings is 1. The molecule has 2 aromatic heterocycles. The Bertz CT molecular complexity index is 471. The van der Waals surface area contributed by atoms with Gasteiger partial charge in [-0.05, 0) is 12.1 Å². The van der Waals surface area contributed by atoms with E-state index in [0.29, 0.717) is 17.0 Å². The van der Waals surface area contributed by atoms with Gasteiger partial charge >= 0.3 is 5.97 Å². The fourth-order valence-corrected chi connectivity index (χ4v) is 1.34. The van der Waals surface area contributed by atoms with Crippen LogP contribution in [0.3, 0.4) is 0 Å². The van der Waals surface area contributed by atoms with Gasteiger partial charge in [-0.3, -0.25) is 4.68 Å². The van der Waals surface area contributed by atoms with E-state index in [9.17, 15) is 4.79 Å². The maximum absolute atomic E-state index is 11.4. The molecule has 0 aliphatic heterocycles. The SMILES string of the molecule is COC(=O)c1cn(C)nc1-c1ccco1. The van der Waals surface area contributed by atoms with Crippen molar-refractivity contribution in [3.05, 3.63) is 30.2 Å². The molecule has 0 unspecified atom stereocenters. The molecule has 0 spiro atoms. The number of carbonyl (C=O) groups excluding carboxylic acids is 1. The first kappa shape index (κ1) is 9.51. The highest BCUT2D eigenvalue weighted by atomic mass is 16.5. The molecule has 0 amide bonds. The van der Waals surface area contributed by atoms with Crippen LogP contribution in [-0.2, 0) is 11.8 Å². The van der Waals surface area contributed by atoms with Crippen LogP contribution in [0.1, 0.15) is 10.4 Å². The maximum atomic E-state index is 11.4. The molecule has 78 valence electrons. The molecule has 0 fully saturated rings. The number of ether oxygens (including phenoxy) is 1. The number of aromatic nitrogens is 2.